The van der Waals surface area contributed by atoms with Gasteiger partial charge >= 0.3 is 0 Å². The third kappa shape index (κ3) is 6.17. The highest BCUT2D eigenvalue weighted by Gasteiger charge is 2.43. The van der Waals surface area contributed by atoms with E-state index in [1.807, 2.05) is 30.3 Å². The van der Waals surface area contributed by atoms with Crippen molar-refractivity contribution in [3.63, 3.8) is 0 Å². The zero-order valence-corrected chi connectivity index (χ0v) is 23.4. The van der Waals surface area contributed by atoms with Gasteiger partial charge in [0.05, 0.1) is 5.56 Å². The molecule has 1 atom stereocenters. The van der Waals surface area contributed by atoms with E-state index in [-0.39, 0.29) is 23.0 Å². The Bertz CT molecular complexity index is 1520. The van der Waals surface area contributed by atoms with E-state index in [9.17, 15) is 27.2 Å². The summed E-state index contributed by atoms with van der Waals surface area (Å²) >= 11 is 0. The second-order valence-corrected chi connectivity index (χ2v) is 12.3. The molecule has 1 aliphatic heterocycles. The zero-order valence-electron chi connectivity index (χ0n) is 22.5. The Kier molecular flexibility index (Phi) is 8.49. The summed E-state index contributed by atoms with van der Waals surface area (Å²) < 4.78 is 40.9. The maximum atomic E-state index is 14.0. The molecule has 2 aliphatic rings. The number of carbonyl (C=O) groups is 3. The number of fused-ring (bicyclic) bond motifs is 1. The van der Waals surface area contributed by atoms with E-state index < -0.39 is 46.1 Å². The fourth-order valence-electron chi connectivity index (χ4n) is 5.54. The number of hydrogen-bond donors (Lipinski definition) is 1. The van der Waals surface area contributed by atoms with E-state index in [4.69, 9.17) is 0 Å². The number of rotatable bonds is 9. The molecule has 8 nitrogen and oxygen atoms in total. The van der Waals surface area contributed by atoms with Gasteiger partial charge in [0.2, 0.25) is 11.8 Å². The normalized spacial score (nSPS) is 17.1. The van der Waals surface area contributed by atoms with Crippen LogP contribution in [0.2, 0.25) is 0 Å². The quantitative estimate of drug-likeness (QED) is 0.410. The number of hydrogen-bond acceptors (Lipinski definition) is 5. The van der Waals surface area contributed by atoms with Crippen LogP contribution in [0.5, 0.6) is 0 Å². The van der Waals surface area contributed by atoms with Crippen LogP contribution in [0.25, 0.3) is 0 Å². The van der Waals surface area contributed by atoms with Crippen molar-refractivity contribution in [3.05, 3.63) is 101 Å². The molecule has 41 heavy (non-hydrogen) atoms. The zero-order chi connectivity index (χ0) is 29.0. The lowest BCUT2D eigenvalue weighted by Crippen LogP contribution is -2.50. The van der Waals surface area contributed by atoms with Crippen LogP contribution in [-0.2, 0) is 26.0 Å². The minimum absolute atomic E-state index is 0.00117. The molecule has 3 aromatic carbocycles. The fraction of sp³-hybridized carbons (Fsp3) is 0.323. The largest absolute Gasteiger partial charge is 0.351 e. The van der Waals surface area contributed by atoms with Crippen molar-refractivity contribution < 1.29 is 27.2 Å². The Balaban J connectivity index is 1.49. The Morgan fingerprint density at radius 1 is 0.927 bits per heavy atom. The van der Waals surface area contributed by atoms with E-state index in [0.717, 1.165) is 37.7 Å². The Labute approximate surface area is 239 Å². The molecular weight excluding hydrogens is 545 g/mol. The highest BCUT2D eigenvalue weighted by molar-refractivity contribution is 7.90. The predicted molar refractivity (Wildman–Crippen MR) is 151 cm³/mol. The van der Waals surface area contributed by atoms with Crippen molar-refractivity contribution in [2.24, 2.45) is 0 Å². The number of nitrogens with zero attached hydrogens (tertiary/aromatic N) is 2. The molecule has 0 bridgehead atoms. The molecule has 5 rings (SSSR count). The van der Waals surface area contributed by atoms with E-state index >= 15 is 0 Å². The molecule has 0 unspecified atom stereocenters. The van der Waals surface area contributed by atoms with Crippen LogP contribution in [-0.4, -0.2) is 54.5 Å². The summed E-state index contributed by atoms with van der Waals surface area (Å²) in [5, 5.41) is 3.07. The number of nitrogens with one attached hydrogen (secondary N) is 1. The number of halogens is 1. The van der Waals surface area contributed by atoms with Crippen molar-refractivity contribution in [2.45, 2.75) is 55.5 Å². The number of carbonyl (C=O) groups excluding carboxylic acids is 3. The number of benzene rings is 3. The summed E-state index contributed by atoms with van der Waals surface area (Å²) in [6.45, 7) is -0.697. The van der Waals surface area contributed by atoms with Gasteiger partial charge in [0.25, 0.3) is 15.9 Å². The van der Waals surface area contributed by atoms with Crippen LogP contribution in [0.15, 0.2) is 83.8 Å². The van der Waals surface area contributed by atoms with E-state index in [0.29, 0.717) is 16.3 Å². The third-order valence-corrected chi connectivity index (χ3v) is 9.48. The molecule has 1 N–H and O–H groups in total. The summed E-state index contributed by atoms with van der Waals surface area (Å²) in [6, 6.07) is 19.3. The molecule has 10 heteroatoms. The Hall–Kier alpha value is -4.05. The Morgan fingerprint density at radius 2 is 1.59 bits per heavy atom. The molecule has 214 valence electrons. The van der Waals surface area contributed by atoms with Gasteiger partial charge in [-0.2, -0.15) is 0 Å². The molecule has 3 aromatic rings. The van der Waals surface area contributed by atoms with Crippen molar-refractivity contribution in [2.75, 3.05) is 13.1 Å². The first kappa shape index (κ1) is 28.5. The smallest absolute Gasteiger partial charge is 0.269 e. The van der Waals surface area contributed by atoms with Gasteiger partial charge in [-0.25, -0.2) is 17.1 Å². The van der Waals surface area contributed by atoms with Gasteiger partial charge in [0.15, 0.2) is 0 Å². The third-order valence-electron chi connectivity index (χ3n) is 7.69. The van der Waals surface area contributed by atoms with Crippen LogP contribution in [0.4, 0.5) is 4.39 Å². The van der Waals surface area contributed by atoms with Gasteiger partial charge in [0.1, 0.15) is 23.3 Å². The molecule has 0 saturated heterocycles. The minimum atomic E-state index is -4.24. The van der Waals surface area contributed by atoms with Crippen LogP contribution >= 0.6 is 0 Å². The van der Waals surface area contributed by atoms with Crippen molar-refractivity contribution in [3.8, 4) is 0 Å². The minimum Gasteiger partial charge on any atom is -0.351 e. The highest BCUT2D eigenvalue weighted by atomic mass is 32.2. The maximum Gasteiger partial charge on any atom is 0.269 e. The molecule has 0 aromatic heterocycles. The summed E-state index contributed by atoms with van der Waals surface area (Å²) in [5.74, 6) is -2.42. The first-order valence-electron chi connectivity index (χ1n) is 13.8. The van der Waals surface area contributed by atoms with Gasteiger partial charge in [-0.15, -0.1) is 0 Å². The fourth-order valence-corrected chi connectivity index (χ4v) is 7.06. The van der Waals surface area contributed by atoms with Crippen LogP contribution in [0.1, 0.15) is 59.6 Å². The Morgan fingerprint density at radius 3 is 2.27 bits per heavy atom. The number of amides is 3. The lowest BCUT2D eigenvalue weighted by Gasteiger charge is -2.34. The average molecular weight is 578 g/mol. The maximum absolute atomic E-state index is 14.0. The monoisotopic (exact) mass is 577 g/mol. The first-order chi connectivity index (χ1) is 19.8. The number of sulfonamides is 1. The van der Waals surface area contributed by atoms with E-state index in [1.165, 1.54) is 47.4 Å². The predicted octanol–water partition coefficient (Wildman–Crippen LogP) is 4.23. The molecule has 1 heterocycles. The SMILES string of the molecule is O=C(NC1CCCCC1)[C@@H](c1ccc(F)cc1)N(CCc1ccccc1)C(=O)CN1C(=O)c2ccccc2S1(=O)=O. The first-order valence-corrected chi connectivity index (χ1v) is 15.2. The average Bonchev–Trinajstić information content (AvgIpc) is 3.17. The van der Waals surface area contributed by atoms with Crippen molar-refractivity contribution in [1.82, 2.24) is 14.5 Å². The van der Waals surface area contributed by atoms with Gasteiger partial charge in [-0.1, -0.05) is 73.9 Å². The summed E-state index contributed by atoms with van der Waals surface area (Å²) in [4.78, 5) is 42.1. The lowest BCUT2D eigenvalue weighted by atomic mass is 9.94. The standard InChI is InChI=1S/C31H32FN3O5S/c32-24-17-15-23(16-18-24)29(30(37)33-25-11-5-2-6-12-25)34(20-19-22-9-3-1-4-10-22)28(36)21-35-31(38)26-13-7-8-14-27(26)41(35,39)40/h1,3-4,7-10,13-18,25,29H,2,5-6,11-12,19-21H2,(H,33,37)/t29-/m1/s1. The molecule has 3 amide bonds. The molecule has 1 saturated carbocycles. The van der Waals surface area contributed by atoms with Gasteiger partial charge < -0.3 is 10.2 Å². The van der Waals surface area contributed by atoms with Crippen LogP contribution in [0.3, 0.4) is 0 Å². The topological polar surface area (TPSA) is 104 Å². The van der Waals surface area contributed by atoms with Crippen molar-refractivity contribution >= 4 is 27.7 Å². The van der Waals surface area contributed by atoms with E-state index in [1.54, 1.807) is 6.07 Å². The van der Waals surface area contributed by atoms with Crippen molar-refractivity contribution in [1.29, 1.82) is 0 Å². The molecule has 0 spiro atoms. The second-order valence-electron chi connectivity index (χ2n) is 10.4. The van der Waals surface area contributed by atoms with E-state index in [2.05, 4.69) is 5.32 Å². The summed E-state index contributed by atoms with van der Waals surface area (Å²) in [6.07, 6.45) is 5.08. The van der Waals surface area contributed by atoms with Gasteiger partial charge in [-0.3, -0.25) is 14.4 Å². The lowest BCUT2D eigenvalue weighted by molar-refractivity contribution is -0.141. The summed E-state index contributed by atoms with van der Waals surface area (Å²) in [7, 11) is -4.24. The van der Waals surface area contributed by atoms with Crippen LogP contribution < -0.4 is 5.32 Å². The molecule has 1 aliphatic carbocycles. The van der Waals surface area contributed by atoms with Gasteiger partial charge in [0, 0.05) is 12.6 Å². The van der Waals surface area contributed by atoms with Gasteiger partial charge in [-0.05, 0) is 54.7 Å². The summed E-state index contributed by atoms with van der Waals surface area (Å²) in [5.41, 5.74) is 1.30. The molecular formula is C31H32FN3O5S. The highest BCUT2D eigenvalue weighted by Crippen LogP contribution is 2.31. The molecule has 0 radical (unpaired) electrons. The second kappa shape index (κ2) is 12.2. The molecule has 1 fully saturated rings. The van der Waals surface area contributed by atoms with Crippen LogP contribution in [0, 0.1) is 5.82 Å².